The van der Waals surface area contributed by atoms with Crippen LogP contribution >= 0.6 is 0 Å². The van der Waals surface area contributed by atoms with Crippen LogP contribution in [0.1, 0.15) is 102 Å². The average molecular weight is 491 g/mol. The molecule has 4 rings (SSSR count). The monoisotopic (exact) mass is 490 g/mol. The molecule has 36 heavy (non-hydrogen) atoms. The van der Waals surface area contributed by atoms with Crippen molar-refractivity contribution >= 4 is 17.2 Å². The average Bonchev–Trinajstić information content (AvgIpc) is 3.64. The van der Waals surface area contributed by atoms with Gasteiger partial charge in [-0.15, -0.1) is 0 Å². The van der Waals surface area contributed by atoms with Crippen molar-refractivity contribution in [1.29, 1.82) is 0 Å². The maximum Gasteiger partial charge on any atom is 0.0739 e. The quantitative estimate of drug-likeness (QED) is 0.326. The lowest BCUT2D eigenvalue weighted by molar-refractivity contribution is 0.479. The maximum absolute atomic E-state index is 4.38. The highest BCUT2D eigenvalue weighted by atomic mass is 15.2. The van der Waals surface area contributed by atoms with Gasteiger partial charge in [0, 0.05) is 35.3 Å². The zero-order chi connectivity index (χ0) is 25.6. The fraction of sp³-hybridized carbons (Fsp3) is 0.500. The van der Waals surface area contributed by atoms with Gasteiger partial charge in [-0.2, -0.15) is 5.10 Å². The highest BCUT2D eigenvalue weighted by Crippen LogP contribution is 2.31. The van der Waals surface area contributed by atoms with Crippen LogP contribution in [0.5, 0.6) is 0 Å². The van der Waals surface area contributed by atoms with Gasteiger partial charge in [0.2, 0.25) is 0 Å². The van der Waals surface area contributed by atoms with E-state index in [2.05, 4.69) is 81.0 Å². The molecule has 3 aromatic rings. The van der Waals surface area contributed by atoms with Gasteiger partial charge in [0.1, 0.15) is 0 Å². The minimum Gasteiger partial charge on any atom is -0.317 e. The van der Waals surface area contributed by atoms with Gasteiger partial charge >= 0.3 is 0 Å². The molecule has 1 aliphatic carbocycles. The standard InChI is InChI=1S/C18H17N3.C8H19N.C5H10.CH4/c1-4-14-12-20-21-10-8-15(11-18(14)21)16(5-2)17-7-6-9-19-13(17)3;1-4-6-8(9-3)7-5-2;1-2-5-3-4-5;/h4-12H,1H2,2-3H3;8-9H,4-7H2,1-3H3;5H,2-4H2,1H3;1H4/b16-5-;;;. The van der Waals surface area contributed by atoms with Gasteiger partial charge in [0.05, 0.1) is 11.7 Å². The van der Waals surface area contributed by atoms with Crippen LogP contribution in [0.4, 0.5) is 0 Å². The summed E-state index contributed by atoms with van der Waals surface area (Å²) in [5.74, 6) is 1.13. The predicted molar refractivity (Wildman–Crippen MR) is 159 cm³/mol. The molecule has 0 spiro atoms. The molecule has 0 saturated heterocycles. The normalized spacial score (nSPS) is 12.8. The Morgan fingerprint density at radius 2 is 1.89 bits per heavy atom. The smallest absolute Gasteiger partial charge is 0.0739 e. The Balaban J connectivity index is 0.000000358. The summed E-state index contributed by atoms with van der Waals surface area (Å²) in [6.07, 6.45) is 19.3. The highest BCUT2D eigenvalue weighted by molar-refractivity contribution is 5.83. The van der Waals surface area contributed by atoms with E-state index in [1.807, 2.05) is 42.2 Å². The van der Waals surface area contributed by atoms with Gasteiger partial charge < -0.3 is 5.32 Å². The highest BCUT2D eigenvalue weighted by Gasteiger charge is 2.17. The number of hydrogen-bond acceptors (Lipinski definition) is 3. The van der Waals surface area contributed by atoms with Crippen LogP contribution in [0.2, 0.25) is 0 Å². The van der Waals surface area contributed by atoms with Crippen molar-refractivity contribution in [3.05, 3.63) is 77.9 Å². The number of aromatic nitrogens is 3. The zero-order valence-corrected chi connectivity index (χ0v) is 22.8. The van der Waals surface area contributed by atoms with E-state index < -0.39 is 0 Å². The second kappa shape index (κ2) is 16.9. The summed E-state index contributed by atoms with van der Waals surface area (Å²) in [4.78, 5) is 4.38. The zero-order valence-electron chi connectivity index (χ0n) is 22.8. The van der Waals surface area contributed by atoms with Crippen molar-refractivity contribution in [2.75, 3.05) is 7.05 Å². The molecule has 0 amide bonds. The number of nitrogens with one attached hydrogen (secondary N) is 1. The van der Waals surface area contributed by atoms with Crippen LogP contribution in [0, 0.1) is 12.8 Å². The Labute approximate surface area is 220 Å². The van der Waals surface area contributed by atoms with Gasteiger partial charge in [-0.25, -0.2) is 4.52 Å². The second-order valence-electron chi connectivity index (χ2n) is 9.30. The number of pyridine rings is 2. The number of rotatable bonds is 9. The SMILES string of the molecule is C.C=Cc1cnn2ccc(/C(=C/C)c3cccnc3C)cc12.CCC1CC1.CCCC(CCC)NC. The van der Waals surface area contributed by atoms with Crippen LogP contribution in [0.3, 0.4) is 0 Å². The molecular formula is C32H50N4. The molecule has 0 atom stereocenters. The number of nitrogens with zero attached hydrogens (tertiary/aromatic N) is 3. The van der Waals surface area contributed by atoms with Crippen LogP contribution in [0.15, 0.2) is 55.5 Å². The van der Waals surface area contributed by atoms with Crippen molar-refractivity contribution in [2.24, 2.45) is 5.92 Å². The Kier molecular flexibility index (Phi) is 14.7. The van der Waals surface area contributed by atoms with Crippen molar-refractivity contribution in [3.63, 3.8) is 0 Å². The molecule has 1 aliphatic rings. The van der Waals surface area contributed by atoms with E-state index in [1.165, 1.54) is 50.5 Å². The molecule has 0 aromatic carbocycles. The topological polar surface area (TPSA) is 42.2 Å². The Morgan fingerprint density at radius 1 is 1.19 bits per heavy atom. The Morgan fingerprint density at radius 3 is 2.36 bits per heavy atom. The first-order valence-corrected chi connectivity index (χ1v) is 13.4. The van der Waals surface area contributed by atoms with E-state index in [4.69, 9.17) is 0 Å². The third-order valence-corrected chi connectivity index (χ3v) is 6.62. The largest absolute Gasteiger partial charge is 0.317 e. The number of aryl methyl sites for hydroxylation is 1. The lowest BCUT2D eigenvalue weighted by Gasteiger charge is -2.12. The molecule has 3 aromatic heterocycles. The summed E-state index contributed by atoms with van der Waals surface area (Å²) >= 11 is 0. The molecule has 0 bridgehead atoms. The van der Waals surface area contributed by atoms with Gasteiger partial charge in [-0.1, -0.05) is 85.1 Å². The van der Waals surface area contributed by atoms with E-state index in [1.54, 1.807) is 0 Å². The summed E-state index contributed by atoms with van der Waals surface area (Å²) in [5.41, 5.74) is 6.62. The van der Waals surface area contributed by atoms with Crippen molar-refractivity contribution in [3.8, 4) is 0 Å². The van der Waals surface area contributed by atoms with Crippen molar-refractivity contribution in [1.82, 2.24) is 19.9 Å². The first-order valence-electron chi connectivity index (χ1n) is 13.4. The molecule has 1 saturated carbocycles. The van der Waals surface area contributed by atoms with Crippen LogP contribution < -0.4 is 5.32 Å². The molecule has 4 nitrogen and oxygen atoms in total. The molecular weight excluding hydrogens is 440 g/mol. The van der Waals surface area contributed by atoms with Gasteiger partial charge in [0.25, 0.3) is 0 Å². The van der Waals surface area contributed by atoms with E-state index in [0.717, 1.165) is 39.9 Å². The Hall–Kier alpha value is -2.72. The summed E-state index contributed by atoms with van der Waals surface area (Å²) in [6.45, 7) is 14.7. The third kappa shape index (κ3) is 9.39. The van der Waals surface area contributed by atoms with E-state index >= 15 is 0 Å². The van der Waals surface area contributed by atoms with Crippen LogP contribution in [-0.2, 0) is 0 Å². The summed E-state index contributed by atoms with van der Waals surface area (Å²) in [6, 6.07) is 9.06. The van der Waals surface area contributed by atoms with Gasteiger partial charge in [-0.3, -0.25) is 4.98 Å². The summed E-state index contributed by atoms with van der Waals surface area (Å²) in [5, 5.41) is 7.62. The van der Waals surface area contributed by atoms with Gasteiger partial charge in [0.15, 0.2) is 0 Å². The van der Waals surface area contributed by atoms with E-state index in [-0.39, 0.29) is 7.43 Å². The molecule has 0 radical (unpaired) electrons. The van der Waals surface area contributed by atoms with Crippen molar-refractivity contribution in [2.45, 2.75) is 93.0 Å². The van der Waals surface area contributed by atoms with Crippen molar-refractivity contribution < 1.29 is 0 Å². The summed E-state index contributed by atoms with van der Waals surface area (Å²) in [7, 11) is 2.05. The van der Waals surface area contributed by atoms with E-state index in [9.17, 15) is 0 Å². The molecule has 198 valence electrons. The molecule has 0 aliphatic heterocycles. The molecule has 0 unspecified atom stereocenters. The molecule has 4 heteroatoms. The fourth-order valence-corrected chi connectivity index (χ4v) is 4.23. The molecule has 3 heterocycles. The summed E-state index contributed by atoms with van der Waals surface area (Å²) < 4.78 is 1.86. The first kappa shape index (κ1) is 31.3. The van der Waals surface area contributed by atoms with E-state index in [0.29, 0.717) is 0 Å². The fourth-order valence-electron chi connectivity index (χ4n) is 4.23. The van der Waals surface area contributed by atoms with Crippen LogP contribution in [-0.4, -0.2) is 27.7 Å². The number of hydrogen-bond donors (Lipinski definition) is 1. The lowest BCUT2D eigenvalue weighted by Crippen LogP contribution is -2.24. The Bertz CT molecular complexity index is 1050. The minimum atomic E-state index is 0. The second-order valence-corrected chi connectivity index (χ2v) is 9.30. The number of allylic oxidation sites excluding steroid dienone is 1. The maximum atomic E-state index is 4.38. The van der Waals surface area contributed by atoms with Crippen LogP contribution in [0.25, 0.3) is 17.2 Å². The minimum absolute atomic E-state index is 0. The predicted octanol–water partition coefficient (Wildman–Crippen LogP) is 8.75. The number of fused-ring (bicyclic) bond motifs is 1. The molecule has 1 N–H and O–H groups in total. The molecule has 1 fully saturated rings. The third-order valence-electron chi connectivity index (χ3n) is 6.62. The first-order chi connectivity index (χ1) is 17.0. The lowest BCUT2D eigenvalue weighted by atomic mass is 9.97. The van der Waals surface area contributed by atoms with Gasteiger partial charge in [-0.05, 0) is 69.0 Å².